The molecule has 0 aliphatic carbocycles. The van der Waals surface area contributed by atoms with Crippen LogP contribution in [0.25, 0.3) is 11.1 Å². The van der Waals surface area contributed by atoms with Gasteiger partial charge in [0.2, 0.25) is 0 Å². The van der Waals surface area contributed by atoms with Crippen LogP contribution >= 0.6 is 0 Å². The summed E-state index contributed by atoms with van der Waals surface area (Å²) in [5.74, 6) is 1.09. The number of aromatic nitrogens is 2. The Morgan fingerprint density at radius 2 is 1.71 bits per heavy atom. The third-order valence-corrected chi connectivity index (χ3v) is 7.32. The molecule has 7 nitrogen and oxygen atoms in total. The van der Waals surface area contributed by atoms with E-state index in [1.165, 1.54) is 0 Å². The SMILES string of the molecule is COc1cccc(-c2c(C)nc(C(C(C)C)N(CCCN)C(=O)c3ccc(C)cc3)n(Cc3ccccc3)c2=O)c1. The molecule has 0 bridgehead atoms. The minimum Gasteiger partial charge on any atom is -0.497 e. The molecule has 0 aliphatic rings. The average molecular weight is 553 g/mol. The van der Waals surface area contributed by atoms with Crippen LogP contribution in [0.3, 0.4) is 0 Å². The first-order valence-corrected chi connectivity index (χ1v) is 14.1. The van der Waals surface area contributed by atoms with Crippen LogP contribution in [-0.2, 0) is 6.54 Å². The molecule has 7 heteroatoms. The predicted octanol–water partition coefficient (Wildman–Crippen LogP) is 5.77. The minimum absolute atomic E-state index is 0.0295. The van der Waals surface area contributed by atoms with Crippen LogP contribution in [0.1, 0.15) is 59.3 Å². The summed E-state index contributed by atoms with van der Waals surface area (Å²) in [5.41, 5.74) is 10.3. The van der Waals surface area contributed by atoms with Crippen LogP contribution in [0.2, 0.25) is 0 Å². The van der Waals surface area contributed by atoms with Gasteiger partial charge in [0.25, 0.3) is 11.5 Å². The number of nitrogens with two attached hydrogens (primary N) is 1. The summed E-state index contributed by atoms with van der Waals surface area (Å²) in [7, 11) is 1.61. The van der Waals surface area contributed by atoms with Gasteiger partial charge in [0.15, 0.2) is 0 Å². The summed E-state index contributed by atoms with van der Waals surface area (Å²) in [6.45, 7) is 9.20. The van der Waals surface area contributed by atoms with Crippen molar-refractivity contribution in [2.45, 2.75) is 46.7 Å². The molecule has 41 heavy (non-hydrogen) atoms. The van der Waals surface area contributed by atoms with Gasteiger partial charge in [-0.25, -0.2) is 4.98 Å². The van der Waals surface area contributed by atoms with E-state index in [1.54, 1.807) is 11.7 Å². The fourth-order valence-corrected chi connectivity index (χ4v) is 5.23. The van der Waals surface area contributed by atoms with Crippen molar-refractivity contribution in [3.8, 4) is 16.9 Å². The second kappa shape index (κ2) is 13.4. The number of hydrogen-bond acceptors (Lipinski definition) is 5. The molecule has 1 amide bonds. The number of hydrogen-bond donors (Lipinski definition) is 1. The molecule has 0 saturated carbocycles. The largest absolute Gasteiger partial charge is 0.497 e. The molecule has 0 aliphatic heterocycles. The lowest BCUT2D eigenvalue weighted by Crippen LogP contribution is -2.42. The summed E-state index contributed by atoms with van der Waals surface area (Å²) >= 11 is 0. The van der Waals surface area contributed by atoms with Gasteiger partial charge in [-0.1, -0.05) is 74.0 Å². The van der Waals surface area contributed by atoms with E-state index < -0.39 is 6.04 Å². The molecule has 1 heterocycles. The van der Waals surface area contributed by atoms with Crippen LogP contribution in [0.5, 0.6) is 5.75 Å². The van der Waals surface area contributed by atoms with E-state index in [9.17, 15) is 9.59 Å². The van der Waals surface area contributed by atoms with E-state index in [0.29, 0.717) is 54.4 Å². The molecule has 4 aromatic rings. The number of carbonyl (C=O) groups excluding carboxylic acids is 1. The molecule has 3 aromatic carbocycles. The van der Waals surface area contributed by atoms with Gasteiger partial charge in [-0.05, 0) is 68.1 Å². The summed E-state index contributed by atoms with van der Waals surface area (Å²) in [6.07, 6.45) is 0.630. The number of amides is 1. The van der Waals surface area contributed by atoms with Crippen molar-refractivity contribution in [3.63, 3.8) is 0 Å². The number of carbonyl (C=O) groups is 1. The summed E-state index contributed by atoms with van der Waals surface area (Å²) in [4.78, 5) is 35.4. The fourth-order valence-electron chi connectivity index (χ4n) is 5.23. The second-order valence-corrected chi connectivity index (χ2v) is 10.7. The highest BCUT2D eigenvalue weighted by Crippen LogP contribution is 2.31. The molecule has 214 valence electrons. The fraction of sp³-hybridized carbons (Fsp3) is 0.324. The Balaban J connectivity index is 1.94. The van der Waals surface area contributed by atoms with Crippen molar-refractivity contribution in [2.24, 2.45) is 11.7 Å². The van der Waals surface area contributed by atoms with Crippen LogP contribution in [-0.4, -0.2) is 40.6 Å². The van der Waals surface area contributed by atoms with Gasteiger partial charge < -0.3 is 15.4 Å². The minimum atomic E-state index is -0.454. The van der Waals surface area contributed by atoms with E-state index >= 15 is 0 Å². The van der Waals surface area contributed by atoms with Crippen LogP contribution in [0.4, 0.5) is 0 Å². The molecule has 0 saturated heterocycles. The van der Waals surface area contributed by atoms with E-state index in [4.69, 9.17) is 15.5 Å². The lowest BCUT2D eigenvalue weighted by molar-refractivity contribution is 0.0602. The molecule has 0 radical (unpaired) electrons. The highest BCUT2D eigenvalue weighted by molar-refractivity contribution is 5.94. The number of ether oxygens (including phenoxy) is 1. The Kier molecular flexibility index (Phi) is 9.73. The van der Waals surface area contributed by atoms with E-state index in [-0.39, 0.29) is 17.4 Å². The number of methoxy groups -OCH3 is 1. The molecule has 4 rings (SSSR count). The van der Waals surface area contributed by atoms with Crippen molar-refractivity contribution in [1.82, 2.24) is 14.5 Å². The Morgan fingerprint density at radius 1 is 1.00 bits per heavy atom. The standard InChI is InChI=1S/C34H40N4O3/c1-23(2)31(37(20-10-19-35)33(39)27-17-15-24(3)16-18-27)32-36-25(4)30(28-13-9-14-29(21-28)41-5)34(40)38(32)22-26-11-7-6-8-12-26/h6-9,11-18,21,23,31H,10,19-20,22,35H2,1-5H3. The molecular weight excluding hydrogens is 512 g/mol. The maximum atomic E-state index is 14.4. The summed E-state index contributed by atoms with van der Waals surface area (Å²) in [6, 6.07) is 24.5. The molecule has 2 N–H and O–H groups in total. The predicted molar refractivity (Wildman–Crippen MR) is 164 cm³/mol. The van der Waals surface area contributed by atoms with Gasteiger partial charge in [-0.3, -0.25) is 14.2 Å². The smallest absolute Gasteiger partial charge is 0.262 e. The zero-order chi connectivity index (χ0) is 29.5. The lowest BCUT2D eigenvalue weighted by Gasteiger charge is -2.36. The first kappa shape index (κ1) is 29.7. The van der Waals surface area contributed by atoms with Crippen molar-refractivity contribution in [1.29, 1.82) is 0 Å². The third kappa shape index (κ3) is 6.74. The van der Waals surface area contributed by atoms with Crippen molar-refractivity contribution >= 4 is 5.91 Å². The van der Waals surface area contributed by atoms with E-state index in [1.807, 2.05) is 97.6 Å². The maximum Gasteiger partial charge on any atom is 0.262 e. The van der Waals surface area contributed by atoms with Gasteiger partial charge in [0, 0.05) is 12.1 Å². The molecule has 1 aromatic heterocycles. The Bertz CT molecular complexity index is 1530. The van der Waals surface area contributed by atoms with Gasteiger partial charge in [-0.15, -0.1) is 0 Å². The Labute approximate surface area is 242 Å². The van der Waals surface area contributed by atoms with Gasteiger partial charge in [0.1, 0.15) is 11.6 Å². The molecule has 1 atom stereocenters. The van der Waals surface area contributed by atoms with E-state index in [2.05, 4.69) is 13.8 Å². The maximum absolute atomic E-state index is 14.4. The number of aryl methyl sites for hydroxylation is 2. The van der Waals surface area contributed by atoms with Crippen molar-refractivity contribution in [3.05, 3.63) is 117 Å². The molecular formula is C34H40N4O3. The monoisotopic (exact) mass is 552 g/mol. The Hall–Kier alpha value is -4.23. The number of nitrogens with zero attached hydrogens (tertiary/aromatic N) is 3. The lowest BCUT2D eigenvalue weighted by atomic mass is 9.97. The van der Waals surface area contributed by atoms with Crippen molar-refractivity contribution < 1.29 is 9.53 Å². The van der Waals surface area contributed by atoms with Gasteiger partial charge in [0.05, 0.1) is 31.0 Å². The van der Waals surface area contributed by atoms with Crippen LogP contribution < -0.4 is 16.0 Å². The van der Waals surface area contributed by atoms with Crippen LogP contribution in [0, 0.1) is 19.8 Å². The summed E-state index contributed by atoms with van der Waals surface area (Å²) in [5, 5.41) is 0. The Morgan fingerprint density at radius 3 is 2.34 bits per heavy atom. The average Bonchev–Trinajstić information content (AvgIpc) is 2.97. The molecule has 1 unspecified atom stereocenters. The van der Waals surface area contributed by atoms with Crippen molar-refractivity contribution in [2.75, 3.05) is 20.2 Å². The zero-order valence-electron chi connectivity index (χ0n) is 24.6. The molecule has 0 fully saturated rings. The third-order valence-electron chi connectivity index (χ3n) is 7.32. The highest BCUT2D eigenvalue weighted by Gasteiger charge is 2.33. The van der Waals surface area contributed by atoms with Gasteiger partial charge in [-0.2, -0.15) is 0 Å². The molecule has 0 spiro atoms. The topological polar surface area (TPSA) is 90.4 Å². The first-order chi connectivity index (χ1) is 19.7. The highest BCUT2D eigenvalue weighted by atomic mass is 16.5. The van der Waals surface area contributed by atoms with Crippen LogP contribution in [0.15, 0.2) is 83.7 Å². The van der Waals surface area contributed by atoms with E-state index in [0.717, 1.165) is 16.7 Å². The summed E-state index contributed by atoms with van der Waals surface area (Å²) < 4.78 is 7.17. The quantitative estimate of drug-likeness (QED) is 0.255. The first-order valence-electron chi connectivity index (χ1n) is 14.1. The van der Waals surface area contributed by atoms with Gasteiger partial charge >= 0.3 is 0 Å². The normalized spacial score (nSPS) is 11.9. The number of rotatable bonds is 11. The number of benzene rings is 3. The second-order valence-electron chi connectivity index (χ2n) is 10.7. The zero-order valence-corrected chi connectivity index (χ0v) is 24.6.